The van der Waals surface area contributed by atoms with Gasteiger partial charge in [0.2, 0.25) is 0 Å². The second-order valence-electron chi connectivity index (χ2n) is 5.62. The molecule has 0 radical (unpaired) electrons. The highest BCUT2D eigenvalue weighted by Crippen LogP contribution is 2.27. The molecule has 1 atom stereocenters. The third-order valence-corrected chi connectivity index (χ3v) is 3.81. The molecule has 0 aliphatic carbocycles. The van der Waals surface area contributed by atoms with Crippen LogP contribution in [0.5, 0.6) is 0 Å². The molecule has 18 heavy (non-hydrogen) atoms. The van der Waals surface area contributed by atoms with Crippen LogP contribution in [0.25, 0.3) is 0 Å². The van der Waals surface area contributed by atoms with E-state index in [1.54, 1.807) is 11.8 Å². The number of carbonyl (C=O) groups excluding carboxylic acids is 1. The zero-order valence-corrected chi connectivity index (χ0v) is 13.2. The van der Waals surface area contributed by atoms with Crippen molar-refractivity contribution in [3.05, 3.63) is 0 Å². The zero-order chi connectivity index (χ0) is 14.4. The average molecular weight is 298 g/mol. The largest absolute Gasteiger partial charge is 0.320 e. The molecule has 0 aromatic rings. The minimum Gasteiger partial charge on any atom is -0.320 e. The first-order valence-electron chi connectivity index (χ1n) is 5.89. The number of nitrogens with one attached hydrogen (secondary N) is 1. The van der Waals surface area contributed by atoms with E-state index in [1.165, 1.54) is 0 Å². The molecule has 5 nitrogen and oxygen atoms in total. The maximum Gasteiger partial charge on any atom is 0.254 e. The van der Waals surface area contributed by atoms with Crippen LogP contribution < -0.4 is 10.5 Å². The van der Waals surface area contributed by atoms with Gasteiger partial charge in [-0.1, -0.05) is 20.8 Å². The summed E-state index contributed by atoms with van der Waals surface area (Å²) in [6.07, 6.45) is 2.82. The van der Waals surface area contributed by atoms with Crippen molar-refractivity contribution >= 4 is 28.4 Å². The molecule has 0 spiro atoms. The van der Waals surface area contributed by atoms with Gasteiger partial charge in [-0.05, 0) is 29.8 Å². The van der Waals surface area contributed by atoms with Crippen LogP contribution in [-0.4, -0.2) is 38.8 Å². The molecule has 1 unspecified atom stereocenters. The van der Waals surface area contributed by atoms with Gasteiger partial charge in [0.05, 0.1) is 6.04 Å². The van der Waals surface area contributed by atoms with Crippen LogP contribution in [0.15, 0.2) is 0 Å². The predicted molar refractivity (Wildman–Crippen MR) is 80.9 cm³/mol. The molecule has 5 N–H and O–H groups in total. The van der Waals surface area contributed by atoms with Gasteiger partial charge in [0, 0.05) is 6.26 Å². The molecular formula is C11H26N2O3S2. The monoisotopic (exact) mass is 298 g/mol. The predicted octanol–water partition coefficient (Wildman–Crippen LogP) is 2.28. The van der Waals surface area contributed by atoms with E-state index < -0.39 is 22.7 Å². The molecule has 0 rings (SSSR count). The van der Waals surface area contributed by atoms with Crippen molar-refractivity contribution in [2.45, 2.75) is 39.7 Å². The Kier molecular flexibility index (Phi) is 7.61. The van der Waals surface area contributed by atoms with Gasteiger partial charge in [-0.3, -0.25) is 18.6 Å². The molecule has 0 aliphatic rings. The molecule has 0 heterocycles. The first-order valence-corrected chi connectivity index (χ1v) is 9.00. The van der Waals surface area contributed by atoms with Crippen LogP contribution in [-0.2, 0) is 4.79 Å². The lowest BCUT2D eigenvalue weighted by atomic mass is 9.94. The molecule has 0 aromatic carbocycles. The summed E-state index contributed by atoms with van der Waals surface area (Å²) in [6, 6.07) is -0.682. The maximum absolute atomic E-state index is 11.4. The van der Waals surface area contributed by atoms with Gasteiger partial charge in [0.15, 0.2) is 0 Å². The Morgan fingerprint density at radius 1 is 1.39 bits per heavy atom. The van der Waals surface area contributed by atoms with Gasteiger partial charge in [-0.25, -0.2) is 0 Å². The fourth-order valence-corrected chi connectivity index (χ4v) is 3.00. The van der Waals surface area contributed by atoms with E-state index in [9.17, 15) is 4.79 Å². The molecule has 0 aromatic heterocycles. The number of rotatable bonds is 7. The third-order valence-electron chi connectivity index (χ3n) is 2.20. The minimum absolute atomic E-state index is 0.325. The van der Waals surface area contributed by atoms with Crippen molar-refractivity contribution in [2.24, 2.45) is 11.1 Å². The SMILES string of the molecule is CC(C)(C)CCSCCC(N)C(=O)NS(C)(O)O. The molecule has 7 heteroatoms. The van der Waals surface area contributed by atoms with Crippen LogP contribution in [0, 0.1) is 5.41 Å². The summed E-state index contributed by atoms with van der Waals surface area (Å²) < 4.78 is 20.3. The fourth-order valence-electron chi connectivity index (χ4n) is 1.09. The molecule has 0 bridgehead atoms. The molecule has 0 saturated carbocycles. The summed E-state index contributed by atoms with van der Waals surface area (Å²) in [4.78, 5) is 11.4. The van der Waals surface area contributed by atoms with Crippen LogP contribution >= 0.6 is 22.5 Å². The Labute approximate surface area is 116 Å². The van der Waals surface area contributed by atoms with Crippen LogP contribution in [0.2, 0.25) is 0 Å². The molecular weight excluding hydrogens is 272 g/mol. The van der Waals surface area contributed by atoms with Crippen LogP contribution in [0.3, 0.4) is 0 Å². The van der Waals surface area contributed by atoms with Gasteiger partial charge in [0.1, 0.15) is 0 Å². The van der Waals surface area contributed by atoms with Gasteiger partial charge in [-0.15, -0.1) is 10.8 Å². The van der Waals surface area contributed by atoms with E-state index in [2.05, 4.69) is 25.5 Å². The Hall–Kier alpha value is 0.0500. The van der Waals surface area contributed by atoms with E-state index in [1.807, 2.05) is 0 Å². The highest BCUT2D eigenvalue weighted by molar-refractivity contribution is 8.22. The normalized spacial score (nSPS) is 15.3. The molecule has 0 saturated heterocycles. The van der Waals surface area contributed by atoms with Crippen molar-refractivity contribution < 1.29 is 13.9 Å². The lowest BCUT2D eigenvalue weighted by Gasteiger charge is -2.28. The molecule has 0 aliphatic heterocycles. The van der Waals surface area contributed by atoms with Gasteiger partial charge in [-0.2, -0.15) is 11.8 Å². The highest BCUT2D eigenvalue weighted by Gasteiger charge is 2.17. The smallest absolute Gasteiger partial charge is 0.254 e. The number of hydrogen-bond donors (Lipinski definition) is 4. The summed E-state index contributed by atoms with van der Waals surface area (Å²) >= 11 is 1.77. The Morgan fingerprint density at radius 2 is 1.94 bits per heavy atom. The summed E-state index contributed by atoms with van der Waals surface area (Å²) in [6.45, 7) is 6.58. The molecule has 0 fully saturated rings. The number of nitrogens with two attached hydrogens (primary N) is 1. The quantitative estimate of drug-likeness (QED) is 0.541. The second kappa shape index (κ2) is 7.59. The standard InChI is InChI=1S/C11H26N2O3S2/c1-11(2,3)6-8-17-7-5-9(12)10(14)13-18(4,15)16/h9,15-16H,5-8,12H2,1-4H3,(H,13,14). The van der Waals surface area contributed by atoms with E-state index >= 15 is 0 Å². The lowest BCUT2D eigenvalue weighted by molar-refractivity contribution is -0.120. The van der Waals surface area contributed by atoms with Crippen molar-refractivity contribution in [1.82, 2.24) is 4.72 Å². The Balaban J connectivity index is 3.71. The van der Waals surface area contributed by atoms with E-state index in [-0.39, 0.29) is 0 Å². The Bertz CT molecular complexity index is 262. The van der Waals surface area contributed by atoms with Crippen LogP contribution in [0.4, 0.5) is 0 Å². The minimum atomic E-state index is -3.01. The summed E-state index contributed by atoms with van der Waals surface area (Å²) in [7, 11) is -3.01. The summed E-state index contributed by atoms with van der Waals surface area (Å²) in [5.74, 6) is 1.34. The van der Waals surface area contributed by atoms with E-state index in [0.717, 1.165) is 24.2 Å². The number of hydrogen-bond acceptors (Lipinski definition) is 5. The number of carbonyl (C=O) groups is 1. The molecule has 110 valence electrons. The van der Waals surface area contributed by atoms with Crippen molar-refractivity contribution in [1.29, 1.82) is 0 Å². The first-order chi connectivity index (χ1) is 8.01. The van der Waals surface area contributed by atoms with Crippen molar-refractivity contribution in [3.8, 4) is 0 Å². The Morgan fingerprint density at radius 3 is 2.39 bits per heavy atom. The fraction of sp³-hybridized carbons (Fsp3) is 0.909. The highest BCUT2D eigenvalue weighted by atomic mass is 32.3. The first kappa shape index (κ1) is 18.0. The summed E-state index contributed by atoms with van der Waals surface area (Å²) in [5.41, 5.74) is 5.98. The number of amides is 1. The van der Waals surface area contributed by atoms with Gasteiger partial charge < -0.3 is 5.73 Å². The van der Waals surface area contributed by atoms with Crippen LogP contribution in [0.1, 0.15) is 33.6 Å². The maximum atomic E-state index is 11.4. The zero-order valence-electron chi connectivity index (χ0n) is 11.6. The third kappa shape index (κ3) is 11.2. The van der Waals surface area contributed by atoms with Gasteiger partial charge >= 0.3 is 0 Å². The second-order valence-corrected chi connectivity index (χ2v) is 8.71. The lowest BCUT2D eigenvalue weighted by Crippen LogP contribution is -2.41. The van der Waals surface area contributed by atoms with Gasteiger partial charge in [0.25, 0.3) is 5.91 Å². The molecule has 1 amide bonds. The van der Waals surface area contributed by atoms with E-state index in [0.29, 0.717) is 11.8 Å². The van der Waals surface area contributed by atoms with E-state index in [4.69, 9.17) is 14.8 Å². The summed E-state index contributed by atoms with van der Waals surface area (Å²) in [5, 5.41) is 0. The van der Waals surface area contributed by atoms with Crippen molar-refractivity contribution in [2.75, 3.05) is 17.8 Å². The topological polar surface area (TPSA) is 95.6 Å². The number of thioether (sulfide) groups is 1. The van der Waals surface area contributed by atoms with Crippen molar-refractivity contribution in [3.63, 3.8) is 0 Å². The average Bonchev–Trinajstić information content (AvgIpc) is 2.12.